The highest BCUT2D eigenvalue weighted by Gasteiger charge is 2.27. The zero-order chi connectivity index (χ0) is 11.6. The van der Waals surface area contributed by atoms with Crippen LogP contribution in [-0.4, -0.2) is 15.8 Å². The third kappa shape index (κ3) is 8.76. The molecule has 0 radical (unpaired) electrons. The summed E-state index contributed by atoms with van der Waals surface area (Å²) in [5.74, 6) is 0. The van der Waals surface area contributed by atoms with E-state index >= 15 is 0 Å². The molecule has 0 aromatic carbocycles. The molecular formula is C12H29NSi. The summed E-state index contributed by atoms with van der Waals surface area (Å²) < 4.78 is 0. The summed E-state index contributed by atoms with van der Waals surface area (Å²) in [5.41, 5.74) is 6.43. The van der Waals surface area contributed by atoms with Gasteiger partial charge in [-0.3, -0.25) is 0 Å². The molecule has 0 aromatic heterocycles. The maximum Gasteiger partial charge on any atom is 0.0102 e. The Morgan fingerprint density at radius 2 is 1.36 bits per heavy atom. The van der Waals surface area contributed by atoms with Crippen LogP contribution in [0.3, 0.4) is 0 Å². The zero-order valence-corrected chi connectivity index (χ0v) is 13.2. The van der Waals surface area contributed by atoms with Gasteiger partial charge in [0, 0.05) is 15.8 Å². The summed E-state index contributed by atoms with van der Waals surface area (Å²) in [4.78, 5) is 0. The second-order valence-electron chi connectivity index (χ2n) is 7.39. The largest absolute Gasteiger partial charge is 0.326 e. The van der Waals surface area contributed by atoms with Crippen molar-refractivity contribution >= 4 is 10.2 Å². The van der Waals surface area contributed by atoms with Crippen molar-refractivity contribution in [2.45, 2.75) is 71.4 Å². The molecule has 1 nitrogen and oxygen atoms in total. The topological polar surface area (TPSA) is 26.0 Å². The fourth-order valence-corrected chi connectivity index (χ4v) is 2.29. The first-order chi connectivity index (χ1) is 5.91. The molecule has 14 heavy (non-hydrogen) atoms. The number of nitrogens with two attached hydrogens (primary N) is 1. The van der Waals surface area contributed by atoms with Crippen LogP contribution in [0.5, 0.6) is 0 Å². The normalized spacial score (nSPS) is 14.8. The van der Waals surface area contributed by atoms with Crippen LogP contribution in [0.25, 0.3) is 0 Å². The lowest BCUT2D eigenvalue weighted by Gasteiger charge is -2.34. The minimum absolute atomic E-state index is 0.0290. The van der Waals surface area contributed by atoms with Gasteiger partial charge in [0.1, 0.15) is 0 Å². The molecule has 0 unspecified atom stereocenters. The van der Waals surface area contributed by atoms with E-state index in [1.165, 1.54) is 23.1 Å². The lowest BCUT2D eigenvalue weighted by Crippen LogP contribution is -2.37. The number of rotatable bonds is 5. The van der Waals surface area contributed by atoms with Crippen LogP contribution in [-0.2, 0) is 0 Å². The molecule has 0 heterocycles. The molecule has 0 amide bonds. The Hall–Kier alpha value is 0.177. The molecule has 0 rings (SSSR count). The van der Waals surface area contributed by atoms with Gasteiger partial charge in [0.2, 0.25) is 0 Å². The highest BCUT2D eigenvalue weighted by Crippen LogP contribution is 2.37. The predicted octanol–water partition coefficient (Wildman–Crippen LogP) is 2.48. The van der Waals surface area contributed by atoms with Gasteiger partial charge in [-0.1, -0.05) is 34.1 Å². The van der Waals surface area contributed by atoms with E-state index in [0.717, 1.165) is 6.42 Å². The van der Waals surface area contributed by atoms with E-state index in [1.807, 2.05) is 0 Å². The first-order valence-electron chi connectivity index (χ1n) is 5.70. The fourth-order valence-electron chi connectivity index (χ4n) is 2.04. The first kappa shape index (κ1) is 14.2. The van der Waals surface area contributed by atoms with Crippen molar-refractivity contribution in [2.24, 2.45) is 11.1 Å². The fraction of sp³-hybridized carbons (Fsp3) is 1.00. The Labute approximate surface area is 93.3 Å². The molecule has 0 spiro atoms. The Kier molecular flexibility index (Phi) is 4.41. The van der Waals surface area contributed by atoms with E-state index in [1.54, 1.807) is 0 Å². The van der Waals surface area contributed by atoms with Crippen molar-refractivity contribution in [3.05, 3.63) is 0 Å². The van der Waals surface area contributed by atoms with Crippen LogP contribution < -0.4 is 5.73 Å². The van der Waals surface area contributed by atoms with Crippen molar-refractivity contribution in [1.29, 1.82) is 0 Å². The molecular weight excluding hydrogens is 186 g/mol. The molecule has 0 saturated carbocycles. The van der Waals surface area contributed by atoms with E-state index in [2.05, 4.69) is 41.5 Å². The maximum atomic E-state index is 6.07. The van der Waals surface area contributed by atoms with Gasteiger partial charge in [0.25, 0.3) is 0 Å². The van der Waals surface area contributed by atoms with Gasteiger partial charge in [-0.2, -0.15) is 0 Å². The van der Waals surface area contributed by atoms with E-state index in [-0.39, 0.29) is 5.54 Å². The molecule has 0 saturated heterocycles. The molecule has 0 fully saturated rings. The Balaban J connectivity index is 4.09. The number of hydrogen-bond donors (Lipinski definition) is 1. The number of hydrogen-bond acceptors (Lipinski definition) is 1. The minimum Gasteiger partial charge on any atom is -0.326 e. The van der Waals surface area contributed by atoms with Gasteiger partial charge >= 0.3 is 0 Å². The van der Waals surface area contributed by atoms with Crippen LogP contribution in [0.2, 0.25) is 5.04 Å². The second-order valence-corrected chi connectivity index (χ2v) is 10.1. The molecule has 0 bridgehead atoms. The summed E-state index contributed by atoms with van der Waals surface area (Å²) >= 11 is 0. The summed E-state index contributed by atoms with van der Waals surface area (Å²) in [6.07, 6.45) is 3.74. The van der Waals surface area contributed by atoms with E-state index < -0.39 is 0 Å². The Morgan fingerprint density at radius 1 is 0.929 bits per heavy atom. The van der Waals surface area contributed by atoms with Crippen molar-refractivity contribution in [1.82, 2.24) is 0 Å². The van der Waals surface area contributed by atoms with Gasteiger partial charge in [0.15, 0.2) is 0 Å². The summed E-state index contributed by atoms with van der Waals surface area (Å²) in [5, 5.41) is 0.579. The zero-order valence-electron chi connectivity index (χ0n) is 11.2. The highest BCUT2D eigenvalue weighted by molar-refractivity contribution is 6.14. The van der Waals surface area contributed by atoms with Crippen LogP contribution in [0.1, 0.15) is 60.8 Å². The molecule has 2 N–H and O–H groups in total. The first-order valence-corrected chi connectivity index (χ1v) is 6.70. The second kappa shape index (κ2) is 4.36. The average molecular weight is 215 g/mol. The van der Waals surface area contributed by atoms with Crippen LogP contribution in [0.15, 0.2) is 0 Å². The quantitative estimate of drug-likeness (QED) is 0.701. The molecule has 0 atom stereocenters. The summed E-state index contributed by atoms with van der Waals surface area (Å²) in [6, 6.07) is 0. The van der Waals surface area contributed by atoms with Gasteiger partial charge in [-0.15, -0.1) is 0 Å². The lowest BCUT2D eigenvalue weighted by molar-refractivity contribution is 0.228. The monoisotopic (exact) mass is 215 g/mol. The van der Waals surface area contributed by atoms with Crippen LogP contribution in [0.4, 0.5) is 0 Å². The van der Waals surface area contributed by atoms with Crippen molar-refractivity contribution in [2.75, 3.05) is 0 Å². The van der Waals surface area contributed by atoms with Gasteiger partial charge in [0.05, 0.1) is 0 Å². The van der Waals surface area contributed by atoms with Gasteiger partial charge in [-0.25, -0.2) is 0 Å². The highest BCUT2D eigenvalue weighted by atomic mass is 28.1. The van der Waals surface area contributed by atoms with Crippen LogP contribution >= 0.6 is 0 Å². The van der Waals surface area contributed by atoms with Crippen molar-refractivity contribution in [3.63, 3.8) is 0 Å². The van der Waals surface area contributed by atoms with E-state index in [4.69, 9.17) is 5.73 Å². The molecule has 86 valence electrons. The SMILES string of the molecule is CC(C)(N)CC(C)(C)CCC(C)(C)[SiH3]. The summed E-state index contributed by atoms with van der Waals surface area (Å²) in [7, 11) is 1.28. The summed E-state index contributed by atoms with van der Waals surface area (Å²) in [6.45, 7) is 13.7. The predicted molar refractivity (Wildman–Crippen MR) is 69.9 cm³/mol. The maximum absolute atomic E-state index is 6.07. The molecule has 0 aliphatic rings. The molecule has 0 aromatic rings. The third-order valence-corrected chi connectivity index (χ3v) is 2.99. The van der Waals surface area contributed by atoms with Crippen molar-refractivity contribution in [3.8, 4) is 0 Å². The van der Waals surface area contributed by atoms with Crippen LogP contribution in [0, 0.1) is 5.41 Å². The Morgan fingerprint density at radius 3 is 1.64 bits per heavy atom. The van der Waals surface area contributed by atoms with Gasteiger partial charge < -0.3 is 5.73 Å². The standard InChI is InChI=1S/C12H29NSi/c1-10(2,9-11(3,4)13)7-8-12(5,6)14/h7-9,13H2,1-6,14H3. The third-order valence-electron chi connectivity index (χ3n) is 2.49. The average Bonchev–Trinajstić information content (AvgIpc) is 1.76. The van der Waals surface area contributed by atoms with E-state index in [0.29, 0.717) is 10.5 Å². The molecule has 2 heteroatoms. The minimum atomic E-state index is -0.0290. The smallest absolute Gasteiger partial charge is 0.0102 e. The lowest BCUT2D eigenvalue weighted by atomic mass is 9.76. The van der Waals surface area contributed by atoms with E-state index in [9.17, 15) is 0 Å². The van der Waals surface area contributed by atoms with Gasteiger partial charge in [-0.05, 0) is 37.1 Å². The molecule has 0 aliphatic heterocycles. The molecule has 0 aliphatic carbocycles. The Bertz CT molecular complexity index is 172. The van der Waals surface area contributed by atoms with Crippen molar-refractivity contribution < 1.29 is 0 Å².